The predicted octanol–water partition coefficient (Wildman–Crippen LogP) is 2.91. The summed E-state index contributed by atoms with van der Waals surface area (Å²) in [5, 5.41) is 2.48. The number of carbonyl (C=O) groups is 1. The van der Waals surface area contributed by atoms with E-state index in [9.17, 15) is 4.79 Å². The summed E-state index contributed by atoms with van der Waals surface area (Å²) in [5.74, 6) is 0. The van der Waals surface area contributed by atoms with Gasteiger partial charge in [-0.05, 0) is 30.5 Å². The maximum Gasteiger partial charge on any atom is 0.407 e. The second-order valence-electron chi connectivity index (χ2n) is 5.49. The molecule has 1 amide bonds. The average molecular weight is 284 g/mol. The van der Waals surface area contributed by atoms with E-state index in [1.807, 2.05) is 0 Å². The van der Waals surface area contributed by atoms with E-state index in [1.54, 1.807) is 7.05 Å². The molecule has 0 atom stereocenters. The van der Waals surface area contributed by atoms with Gasteiger partial charge in [-0.2, -0.15) is 0 Å². The van der Waals surface area contributed by atoms with Crippen LogP contribution in [0.2, 0.25) is 0 Å². The molecule has 0 radical (unpaired) electrons. The fourth-order valence-corrected chi connectivity index (χ4v) is 3.11. The minimum Gasteiger partial charge on any atom is -0.445 e. The van der Waals surface area contributed by atoms with Gasteiger partial charge in [-0.25, -0.2) is 4.79 Å². The molecule has 1 aromatic carbocycles. The summed E-state index contributed by atoms with van der Waals surface area (Å²) < 4.78 is 7.58. The zero-order chi connectivity index (χ0) is 15.0. The molecule has 0 saturated heterocycles. The Hall–Kier alpha value is -2.23. The number of hydrogen-bond acceptors (Lipinski definition) is 2. The highest BCUT2D eigenvalue weighted by molar-refractivity contribution is 5.66. The van der Waals surface area contributed by atoms with E-state index >= 15 is 0 Å². The Kier molecular flexibility index (Phi) is 3.45. The van der Waals surface area contributed by atoms with E-state index in [-0.39, 0.29) is 6.09 Å². The van der Waals surface area contributed by atoms with Crippen LogP contribution in [0.15, 0.2) is 24.3 Å². The fourth-order valence-electron chi connectivity index (χ4n) is 3.11. The van der Waals surface area contributed by atoms with Gasteiger partial charge in [0.15, 0.2) is 0 Å². The quantitative estimate of drug-likeness (QED) is 0.786. The summed E-state index contributed by atoms with van der Waals surface area (Å²) >= 11 is 0. The lowest BCUT2D eigenvalue weighted by molar-refractivity contribution is 0.141. The molecule has 0 unspecified atom stereocenters. The van der Waals surface area contributed by atoms with Crippen molar-refractivity contribution in [3.8, 4) is 0 Å². The van der Waals surface area contributed by atoms with Crippen molar-refractivity contribution < 1.29 is 9.53 Å². The third kappa shape index (κ3) is 2.31. The van der Waals surface area contributed by atoms with Crippen LogP contribution in [0, 0.1) is 13.8 Å². The van der Waals surface area contributed by atoms with Crippen molar-refractivity contribution in [1.29, 1.82) is 0 Å². The summed E-state index contributed by atoms with van der Waals surface area (Å²) in [6, 6.07) is 8.56. The number of hydrogen-bond donors (Lipinski definition) is 1. The Morgan fingerprint density at radius 3 is 2.71 bits per heavy atom. The summed E-state index contributed by atoms with van der Waals surface area (Å²) in [6.07, 6.45) is 0.560. The normalized spacial score (nSPS) is 12.5. The molecule has 4 heteroatoms. The molecule has 0 bridgehead atoms. The lowest BCUT2D eigenvalue weighted by Crippen LogP contribution is -2.19. The second kappa shape index (κ2) is 5.28. The Morgan fingerprint density at radius 2 is 2.00 bits per heavy atom. The first-order valence-electron chi connectivity index (χ1n) is 7.20. The van der Waals surface area contributed by atoms with E-state index in [0.29, 0.717) is 6.61 Å². The van der Waals surface area contributed by atoms with Crippen LogP contribution in [-0.2, 0) is 24.3 Å². The second-order valence-corrected chi connectivity index (χ2v) is 5.49. The molecule has 1 aliphatic rings. The SMILES string of the molecule is CNC(=O)OCc1c(C)c2n(c1C)Cc1ccccc1C2. The molecule has 3 rings (SSSR count). The lowest BCUT2D eigenvalue weighted by Gasteiger charge is -2.21. The number of amides is 1. The maximum atomic E-state index is 11.3. The van der Waals surface area contributed by atoms with Gasteiger partial charge in [0.25, 0.3) is 0 Å². The van der Waals surface area contributed by atoms with Crippen LogP contribution in [0.1, 0.15) is 33.6 Å². The zero-order valence-electron chi connectivity index (χ0n) is 12.7. The first-order chi connectivity index (χ1) is 10.1. The summed E-state index contributed by atoms with van der Waals surface area (Å²) in [5.41, 5.74) is 7.67. The van der Waals surface area contributed by atoms with Gasteiger partial charge in [0.1, 0.15) is 6.61 Å². The van der Waals surface area contributed by atoms with Crippen molar-refractivity contribution in [1.82, 2.24) is 9.88 Å². The minimum atomic E-state index is -0.388. The number of rotatable bonds is 2. The largest absolute Gasteiger partial charge is 0.445 e. The molecule has 1 aromatic heterocycles. The van der Waals surface area contributed by atoms with Gasteiger partial charge in [-0.1, -0.05) is 24.3 Å². The Balaban J connectivity index is 1.94. The zero-order valence-corrected chi connectivity index (χ0v) is 12.7. The molecule has 21 heavy (non-hydrogen) atoms. The van der Waals surface area contributed by atoms with Crippen molar-refractivity contribution in [2.75, 3.05) is 7.05 Å². The molecule has 2 aromatic rings. The number of carbonyl (C=O) groups excluding carboxylic acids is 1. The fraction of sp³-hybridized carbons (Fsp3) is 0.353. The number of fused-ring (bicyclic) bond motifs is 2. The monoisotopic (exact) mass is 284 g/mol. The van der Waals surface area contributed by atoms with Crippen LogP contribution in [0.25, 0.3) is 0 Å². The minimum absolute atomic E-state index is 0.327. The van der Waals surface area contributed by atoms with Crippen molar-refractivity contribution >= 4 is 6.09 Å². The molecule has 0 saturated carbocycles. The van der Waals surface area contributed by atoms with Crippen LogP contribution >= 0.6 is 0 Å². The van der Waals surface area contributed by atoms with Gasteiger partial charge < -0.3 is 14.6 Å². The maximum absolute atomic E-state index is 11.3. The Bertz CT molecular complexity index is 653. The van der Waals surface area contributed by atoms with Gasteiger partial charge in [0, 0.05) is 37.0 Å². The number of alkyl carbamates (subject to hydrolysis) is 1. The topological polar surface area (TPSA) is 43.3 Å². The van der Waals surface area contributed by atoms with E-state index < -0.39 is 0 Å². The number of nitrogens with zero attached hydrogens (tertiary/aromatic N) is 1. The smallest absolute Gasteiger partial charge is 0.407 e. The third-order valence-corrected chi connectivity index (χ3v) is 4.41. The molecule has 1 N–H and O–H groups in total. The summed E-state index contributed by atoms with van der Waals surface area (Å²) in [4.78, 5) is 11.3. The number of nitrogens with one attached hydrogen (secondary N) is 1. The van der Waals surface area contributed by atoms with Crippen LogP contribution in [0.5, 0.6) is 0 Å². The van der Waals surface area contributed by atoms with E-state index in [1.165, 1.54) is 28.1 Å². The molecule has 0 fully saturated rings. The first-order valence-corrected chi connectivity index (χ1v) is 7.20. The first kappa shape index (κ1) is 13.7. The van der Waals surface area contributed by atoms with Gasteiger partial charge in [0.2, 0.25) is 0 Å². The van der Waals surface area contributed by atoms with E-state index in [0.717, 1.165) is 18.5 Å². The van der Waals surface area contributed by atoms with Crippen LogP contribution in [0.3, 0.4) is 0 Å². The standard InChI is InChI=1S/C17H20N2O2/c1-11-15(10-21-17(20)18-3)12(2)19-9-14-7-5-4-6-13(14)8-16(11)19/h4-7H,8-10H2,1-3H3,(H,18,20). The average Bonchev–Trinajstić information content (AvgIpc) is 2.74. The number of ether oxygens (including phenoxy) is 1. The summed E-state index contributed by atoms with van der Waals surface area (Å²) in [6.45, 7) is 5.45. The molecule has 110 valence electrons. The number of aromatic nitrogens is 1. The number of benzene rings is 1. The molecule has 2 heterocycles. The van der Waals surface area contributed by atoms with Crippen molar-refractivity contribution in [2.24, 2.45) is 0 Å². The molecular formula is C17H20N2O2. The van der Waals surface area contributed by atoms with Gasteiger partial charge in [-0.3, -0.25) is 0 Å². The van der Waals surface area contributed by atoms with Crippen LogP contribution in [-0.4, -0.2) is 17.7 Å². The molecule has 4 nitrogen and oxygen atoms in total. The highest BCUT2D eigenvalue weighted by atomic mass is 16.5. The highest BCUT2D eigenvalue weighted by Gasteiger charge is 2.23. The van der Waals surface area contributed by atoms with Gasteiger partial charge >= 0.3 is 6.09 Å². The van der Waals surface area contributed by atoms with Crippen LogP contribution in [0.4, 0.5) is 4.79 Å². The summed E-state index contributed by atoms with van der Waals surface area (Å²) in [7, 11) is 1.57. The highest BCUT2D eigenvalue weighted by Crippen LogP contribution is 2.31. The van der Waals surface area contributed by atoms with Gasteiger partial charge in [-0.15, -0.1) is 0 Å². The van der Waals surface area contributed by atoms with Crippen molar-refractivity contribution in [3.05, 3.63) is 57.9 Å². The molecular weight excluding hydrogens is 264 g/mol. The van der Waals surface area contributed by atoms with E-state index in [2.05, 4.69) is 48.0 Å². The third-order valence-electron chi connectivity index (χ3n) is 4.41. The molecule has 0 spiro atoms. The van der Waals surface area contributed by atoms with Crippen molar-refractivity contribution in [2.45, 2.75) is 33.4 Å². The lowest BCUT2D eigenvalue weighted by atomic mass is 9.97. The predicted molar refractivity (Wildman–Crippen MR) is 81.5 cm³/mol. The molecule has 1 aliphatic heterocycles. The van der Waals surface area contributed by atoms with Crippen LogP contribution < -0.4 is 5.32 Å². The van der Waals surface area contributed by atoms with E-state index in [4.69, 9.17) is 4.74 Å². The van der Waals surface area contributed by atoms with Crippen molar-refractivity contribution in [3.63, 3.8) is 0 Å². The molecule has 0 aliphatic carbocycles. The Morgan fingerprint density at radius 1 is 1.29 bits per heavy atom. The van der Waals surface area contributed by atoms with Gasteiger partial charge in [0.05, 0.1) is 0 Å². The Labute approximate surface area is 124 Å².